The van der Waals surface area contributed by atoms with Crippen LogP contribution in [-0.2, 0) is 19.1 Å². The van der Waals surface area contributed by atoms with Crippen LogP contribution >= 0.6 is 0 Å². The minimum Gasteiger partial charge on any atom is -0.462 e. The highest BCUT2D eigenvalue weighted by molar-refractivity contribution is 5.91. The second kappa shape index (κ2) is 4.92. The van der Waals surface area contributed by atoms with Crippen molar-refractivity contribution in [1.82, 2.24) is 0 Å². The van der Waals surface area contributed by atoms with E-state index < -0.39 is 53.1 Å². The number of rotatable bonds is 1. The molecule has 126 valence electrons. The summed E-state index contributed by atoms with van der Waals surface area (Å²) in [4.78, 5) is 23.5. The van der Waals surface area contributed by atoms with Gasteiger partial charge in [0, 0.05) is 30.8 Å². The molecule has 2 N–H and O–H groups in total. The zero-order valence-electron chi connectivity index (χ0n) is 13.5. The van der Waals surface area contributed by atoms with Gasteiger partial charge in [0.05, 0.1) is 17.1 Å². The van der Waals surface area contributed by atoms with Crippen LogP contribution in [0.3, 0.4) is 0 Å². The van der Waals surface area contributed by atoms with Crippen molar-refractivity contribution in [3.8, 4) is 0 Å². The molecule has 0 aromatic carbocycles. The van der Waals surface area contributed by atoms with Crippen molar-refractivity contribution in [3.05, 3.63) is 24.3 Å². The van der Waals surface area contributed by atoms with Crippen LogP contribution in [-0.4, -0.2) is 45.6 Å². The van der Waals surface area contributed by atoms with Crippen LogP contribution in [0.15, 0.2) is 24.3 Å². The molecule has 1 aliphatic heterocycles. The van der Waals surface area contributed by atoms with Gasteiger partial charge < -0.3 is 19.7 Å². The third-order valence-corrected chi connectivity index (χ3v) is 5.37. The fourth-order valence-corrected chi connectivity index (χ4v) is 4.36. The van der Waals surface area contributed by atoms with Crippen molar-refractivity contribution in [1.29, 1.82) is 0 Å². The quantitative estimate of drug-likeness (QED) is 0.420. The molecule has 1 saturated heterocycles. The predicted octanol–water partition coefficient (Wildman–Crippen LogP) is 0.724. The summed E-state index contributed by atoms with van der Waals surface area (Å²) in [6.45, 7) is 8.34. The van der Waals surface area contributed by atoms with Gasteiger partial charge in [0.2, 0.25) is 0 Å². The van der Waals surface area contributed by atoms with Crippen LogP contribution in [0, 0.1) is 17.8 Å². The summed E-state index contributed by atoms with van der Waals surface area (Å²) in [6, 6.07) is 0. The van der Waals surface area contributed by atoms with Gasteiger partial charge in [-0.05, 0) is 13.8 Å². The maximum absolute atomic E-state index is 12.0. The van der Waals surface area contributed by atoms with Gasteiger partial charge in [-0.3, -0.25) is 4.79 Å². The fraction of sp³-hybridized carbons (Fsp3) is 0.647. The Morgan fingerprint density at radius 1 is 1.43 bits per heavy atom. The van der Waals surface area contributed by atoms with Gasteiger partial charge in [-0.2, -0.15) is 0 Å². The topological polar surface area (TPSA) is 93.1 Å². The van der Waals surface area contributed by atoms with E-state index in [1.807, 2.05) is 0 Å². The van der Waals surface area contributed by atoms with Gasteiger partial charge in [0.1, 0.15) is 12.2 Å². The summed E-state index contributed by atoms with van der Waals surface area (Å²) >= 11 is 0. The van der Waals surface area contributed by atoms with Gasteiger partial charge >= 0.3 is 11.9 Å². The molecule has 3 aliphatic rings. The van der Waals surface area contributed by atoms with Crippen LogP contribution in [0.5, 0.6) is 0 Å². The van der Waals surface area contributed by atoms with Crippen LogP contribution in [0.1, 0.15) is 27.2 Å². The minimum atomic E-state index is -1.23. The van der Waals surface area contributed by atoms with Gasteiger partial charge in [-0.1, -0.05) is 18.7 Å². The first-order chi connectivity index (χ1) is 10.5. The van der Waals surface area contributed by atoms with Gasteiger partial charge in [-0.15, -0.1) is 0 Å². The lowest BCUT2D eigenvalue weighted by Gasteiger charge is -2.37. The van der Waals surface area contributed by atoms with E-state index in [1.165, 1.54) is 6.92 Å². The Labute approximate surface area is 134 Å². The van der Waals surface area contributed by atoms with Crippen LogP contribution in [0.25, 0.3) is 0 Å². The summed E-state index contributed by atoms with van der Waals surface area (Å²) in [5, 5.41) is 21.6. The smallest absolute Gasteiger partial charge is 0.334 e. The highest BCUT2D eigenvalue weighted by Gasteiger charge is 2.62. The first kappa shape index (κ1) is 16.2. The Kier molecular flexibility index (Phi) is 3.46. The number of hydrogen-bond acceptors (Lipinski definition) is 6. The average Bonchev–Trinajstić information content (AvgIpc) is 2.82. The molecule has 0 radical (unpaired) electrons. The molecule has 0 aromatic rings. The van der Waals surface area contributed by atoms with E-state index in [0.29, 0.717) is 0 Å². The van der Waals surface area contributed by atoms with Crippen molar-refractivity contribution >= 4 is 11.9 Å². The molecular formula is C17H22O6. The summed E-state index contributed by atoms with van der Waals surface area (Å²) in [7, 11) is 0. The molecule has 7 atom stereocenters. The Bertz CT molecular complexity index is 602. The largest absolute Gasteiger partial charge is 0.462 e. The molecule has 0 spiro atoms. The molecule has 2 aliphatic carbocycles. The lowest BCUT2D eigenvalue weighted by molar-refractivity contribution is -0.152. The zero-order valence-corrected chi connectivity index (χ0v) is 13.5. The van der Waals surface area contributed by atoms with E-state index in [2.05, 4.69) is 6.58 Å². The molecule has 2 fully saturated rings. The van der Waals surface area contributed by atoms with E-state index in [0.717, 1.165) is 0 Å². The Morgan fingerprint density at radius 3 is 2.70 bits per heavy atom. The zero-order chi connectivity index (χ0) is 17.2. The molecule has 1 heterocycles. The number of fused-ring (bicyclic) bond motifs is 3. The Morgan fingerprint density at radius 2 is 2.09 bits per heavy atom. The van der Waals surface area contributed by atoms with Crippen LogP contribution < -0.4 is 0 Å². The molecule has 6 nitrogen and oxygen atoms in total. The van der Waals surface area contributed by atoms with E-state index >= 15 is 0 Å². The molecule has 0 unspecified atom stereocenters. The third kappa shape index (κ3) is 2.40. The van der Waals surface area contributed by atoms with E-state index in [1.54, 1.807) is 26.0 Å². The molecule has 6 heteroatoms. The normalized spacial score (nSPS) is 48.5. The van der Waals surface area contributed by atoms with Crippen LogP contribution in [0.4, 0.5) is 0 Å². The summed E-state index contributed by atoms with van der Waals surface area (Å²) in [5.41, 5.74) is -2.22. The molecular weight excluding hydrogens is 300 g/mol. The second-order valence-electron chi connectivity index (χ2n) is 7.27. The molecule has 23 heavy (non-hydrogen) atoms. The molecule has 0 aromatic heterocycles. The molecule has 1 saturated carbocycles. The number of carbonyl (C=O) groups is 2. The maximum atomic E-state index is 12.0. The molecule has 3 rings (SSSR count). The number of aliphatic hydroxyl groups is 2. The van der Waals surface area contributed by atoms with Crippen LogP contribution in [0.2, 0.25) is 0 Å². The number of hydrogen-bond donors (Lipinski definition) is 2. The number of ether oxygens (including phenoxy) is 2. The van der Waals surface area contributed by atoms with E-state index in [9.17, 15) is 19.8 Å². The molecule has 0 amide bonds. The second-order valence-corrected chi connectivity index (χ2v) is 7.27. The first-order valence-electron chi connectivity index (χ1n) is 7.76. The van der Waals surface area contributed by atoms with Gasteiger partial charge in [0.15, 0.2) is 0 Å². The summed E-state index contributed by atoms with van der Waals surface area (Å²) in [5.74, 6) is -2.54. The third-order valence-electron chi connectivity index (χ3n) is 5.37. The fourth-order valence-electron chi connectivity index (χ4n) is 4.36. The van der Waals surface area contributed by atoms with E-state index in [4.69, 9.17) is 9.47 Å². The molecule has 0 bridgehead atoms. The monoisotopic (exact) mass is 322 g/mol. The lowest BCUT2D eigenvalue weighted by Crippen LogP contribution is -2.47. The average molecular weight is 322 g/mol. The standard InChI is InChI=1S/C17H22O6/c1-8-12-11(22-9(2)18)7-17(4,21)10-5-6-16(3,20)13(10)14(12)23-15(8)19/h5-6,10-14,20-21H,1,7H2,2-4H3/t10-,11+,12-,13+,14+,16-,17-/m1/s1. The maximum Gasteiger partial charge on any atom is 0.334 e. The van der Waals surface area contributed by atoms with Crippen molar-refractivity contribution < 1.29 is 29.3 Å². The van der Waals surface area contributed by atoms with Gasteiger partial charge in [-0.25, -0.2) is 4.79 Å². The highest BCUT2D eigenvalue weighted by atomic mass is 16.6. The van der Waals surface area contributed by atoms with Crippen molar-refractivity contribution in [2.75, 3.05) is 0 Å². The highest BCUT2D eigenvalue weighted by Crippen LogP contribution is 2.53. The Hall–Kier alpha value is -1.66. The summed E-state index contributed by atoms with van der Waals surface area (Å²) < 4.78 is 10.8. The Balaban J connectivity index is 2.09. The SMILES string of the molecule is C=C1C(=O)O[C@H]2[C@H]1[C@@H](OC(C)=O)C[C@@](C)(O)[C@@H]1C=C[C@@](C)(O)[C@H]21. The lowest BCUT2D eigenvalue weighted by atomic mass is 9.73. The number of carbonyl (C=O) groups excluding carboxylic acids is 2. The predicted molar refractivity (Wildman–Crippen MR) is 80.0 cm³/mol. The van der Waals surface area contributed by atoms with Crippen molar-refractivity contribution in [3.63, 3.8) is 0 Å². The number of esters is 2. The van der Waals surface area contributed by atoms with E-state index in [-0.39, 0.29) is 12.0 Å². The summed E-state index contributed by atoms with van der Waals surface area (Å²) in [6.07, 6.45) is 2.12. The van der Waals surface area contributed by atoms with Crippen molar-refractivity contribution in [2.24, 2.45) is 17.8 Å². The first-order valence-corrected chi connectivity index (χ1v) is 7.76. The van der Waals surface area contributed by atoms with Crippen molar-refractivity contribution in [2.45, 2.75) is 50.6 Å². The van der Waals surface area contributed by atoms with Gasteiger partial charge in [0.25, 0.3) is 0 Å². The minimum absolute atomic E-state index is 0.144.